The maximum Gasteiger partial charge on any atom is 0.305 e. The van der Waals surface area contributed by atoms with E-state index in [9.17, 15) is 19.8 Å². The van der Waals surface area contributed by atoms with Crippen molar-refractivity contribution < 1.29 is 24.5 Å². The molecule has 0 aromatic carbocycles. The van der Waals surface area contributed by atoms with Crippen molar-refractivity contribution in [3.63, 3.8) is 0 Å². The highest BCUT2D eigenvalue weighted by Crippen LogP contribution is 2.17. The highest BCUT2D eigenvalue weighted by Gasteiger charge is 2.20. The molecule has 2 atom stereocenters. The van der Waals surface area contributed by atoms with Gasteiger partial charge in [-0.3, -0.25) is 9.59 Å². The van der Waals surface area contributed by atoms with Gasteiger partial charge in [0.25, 0.3) is 0 Å². The van der Waals surface area contributed by atoms with E-state index in [0.29, 0.717) is 25.9 Å². The molecule has 0 heterocycles. The quantitative estimate of drug-likeness (QED) is 0.0321. The predicted octanol–water partition coefficient (Wildman–Crippen LogP) is 17.3. The highest BCUT2D eigenvalue weighted by atomic mass is 16.5. The minimum Gasteiger partial charge on any atom is -0.466 e. The minimum atomic E-state index is -0.668. The Bertz CT molecular complexity index is 939. The third-order valence-corrected chi connectivity index (χ3v) is 13.3. The van der Waals surface area contributed by atoms with Gasteiger partial charge in [-0.2, -0.15) is 0 Å². The maximum absolute atomic E-state index is 12.5. The first-order valence-corrected chi connectivity index (χ1v) is 28.4. The molecule has 0 saturated carbocycles. The van der Waals surface area contributed by atoms with E-state index in [2.05, 4.69) is 31.3 Å². The lowest BCUT2D eigenvalue weighted by atomic mass is 10.0. The molecule has 6 nitrogen and oxygen atoms in total. The number of carbonyl (C=O) groups excluding carboxylic acids is 2. The Morgan fingerprint density at radius 3 is 1.13 bits per heavy atom. The van der Waals surface area contributed by atoms with Crippen LogP contribution in [0.15, 0.2) is 12.2 Å². The van der Waals surface area contributed by atoms with E-state index in [0.717, 1.165) is 44.9 Å². The number of carbonyl (C=O) groups is 2. The molecule has 2 unspecified atom stereocenters. The summed E-state index contributed by atoms with van der Waals surface area (Å²) in [6.45, 7) is 4.95. The van der Waals surface area contributed by atoms with Gasteiger partial charge >= 0.3 is 5.97 Å². The maximum atomic E-state index is 12.5. The number of amides is 1. The van der Waals surface area contributed by atoms with Crippen LogP contribution in [0.2, 0.25) is 0 Å². The van der Waals surface area contributed by atoms with Crippen molar-refractivity contribution in [1.82, 2.24) is 5.32 Å². The molecule has 6 heteroatoms. The number of aliphatic hydroxyl groups excluding tert-OH is 2. The van der Waals surface area contributed by atoms with Gasteiger partial charge in [0.2, 0.25) is 5.91 Å². The third kappa shape index (κ3) is 49.9. The summed E-state index contributed by atoms with van der Waals surface area (Å²) < 4.78 is 5.48. The fourth-order valence-corrected chi connectivity index (χ4v) is 8.93. The lowest BCUT2D eigenvalue weighted by Gasteiger charge is -2.22. The number of hydrogen-bond donors (Lipinski definition) is 3. The lowest BCUT2D eigenvalue weighted by molar-refractivity contribution is -0.143. The number of ether oxygens (including phenoxy) is 1. The summed E-state index contributed by atoms with van der Waals surface area (Å²) in [6.07, 6.45) is 61.9. The van der Waals surface area contributed by atoms with E-state index >= 15 is 0 Å². The number of rotatable bonds is 53. The lowest BCUT2D eigenvalue weighted by Crippen LogP contribution is -2.45. The van der Waals surface area contributed by atoms with Crippen molar-refractivity contribution in [1.29, 1.82) is 0 Å². The number of nitrogens with one attached hydrogen (secondary N) is 1. The van der Waals surface area contributed by atoms with Gasteiger partial charge in [0.05, 0.1) is 25.4 Å². The number of allylic oxidation sites excluding steroid dienone is 2. The second-order valence-corrected chi connectivity index (χ2v) is 19.6. The van der Waals surface area contributed by atoms with Crippen molar-refractivity contribution in [2.75, 3.05) is 13.2 Å². The van der Waals surface area contributed by atoms with Crippen LogP contribution in [0.3, 0.4) is 0 Å². The normalized spacial score (nSPS) is 12.6. The van der Waals surface area contributed by atoms with Crippen molar-refractivity contribution in [2.24, 2.45) is 0 Å². The van der Waals surface area contributed by atoms with Gasteiger partial charge in [0.1, 0.15) is 0 Å². The molecule has 0 rings (SSSR count). The zero-order chi connectivity index (χ0) is 45.8. The molecule has 0 aromatic rings. The molecule has 0 aliphatic heterocycles. The zero-order valence-electron chi connectivity index (χ0n) is 42.6. The van der Waals surface area contributed by atoms with Crippen LogP contribution in [0.4, 0.5) is 0 Å². The SMILES string of the molecule is CCCCCCCCC/C=C\CCCCCCCC(=O)OCCCCCCCCCCCCCCCCCCC(=O)NC(CO)C(O)CCCCCCCCCCCCCCCC. The van der Waals surface area contributed by atoms with Gasteiger partial charge < -0.3 is 20.3 Å². The van der Waals surface area contributed by atoms with Gasteiger partial charge in [0.15, 0.2) is 0 Å². The Morgan fingerprint density at radius 1 is 0.429 bits per heavy atom. The second kappa shape index (κ2) is 53.2. The van der Waals surface area contributed by atoms with Crippen LogP contribution < -0.4 is 5.32 Å². The van der Waals surface area contributed by atoms with Crippen LogP contribution in [-0.2, 0) is 14.3 Å². The van der Waals surface area contributed by atoms with E-state index in [1.807, 2.05) is 0 Å². The zero-order valence-corrected chi connectivity index (χ0v) is 42.6. The van der Waals surface area contributed by atoms with E-state index in [-0.39, 0.29) is 18.5 Å². The fourth-order valence-electron chi connectivity index (χ4n) is 8.93. The number of hydrogen-bond acceptors (Lipinski definition) is 5. The van der Waals surface area contributed by atoms with Gasteiger partial charge in [-0.25, -0.2) is 0 Å². The van der Waals surface area contributed by atoms with E-state index in [4.69, 9.17) is 4.74 Å². The summed E-state index contributed by atoms with van der Waals surface area (Å²) in [5, 5.41) is 23.2. The molecule has 0 spiro atoms. The minimum absolute atomic E-state index is 0.00366. The molecule has 1 amide bonds. The van der Waals surface area contributed by atoms with Gasteiger partial charge in [-0.15, -0.1) is 0 Å². The first-order valence-electron chi connectivity index (χ1n) is 28.4. The summed E-state index contributed by atoms with van der Waals surface area (Å²) in [7, 11) is 0. The van der Waals surface area contributed by atoms with Crippen LogP contribution in [0.25, 0.3) is 0 Å². The first-order chi connectivity index (χ1) is 31.0. The molecule has 0 aromatic heterocycles. The fraction of sp³-hybridized carbons (Fsp3) is 0.930. The van der Waals surface area contributed by atoms with Crippen molar-refractivity contribution in [3.05, 3.63) is 12.2 Å². The molecular formula is C57H111NO5. The molecule has 0 bridgehead atoms. The largest absolute Gasteiger partial charge is 0.466 e. The van der Waals surface area contributed by atoms with E-state index in [1.54, 1.807) is 0 Å². The topological polar surface area (TPSA) is 95.9 Å². The van der Waals surface area contributed by atoms with E-state index < -0.39 is 12.1 Å². The molecule has 0 saturated heterocycles. The van der Waals surface area contributed by atoms with Gasteiger partial charge in [-0.1, -0.05) is 264 Å². The highest BCUT2D eigenvalue weighted by molar-refractivity contribution is 5.76. The van der Waals surface area contributed by atoms with Gasteiger partial charge in [0, 0.05) is 12.8 Å². The molecule has 0 aliphatic carbocycles. The molecule has 0 fully saturated rings. The molecular weight excluding hydrogens is 779 g/mol. The Balaban J connectivity index is 3.41. The number of esters is 1. The van der Waals surface area contributed by atoms with Crippen molar-refractivity contribution in [3.8, 4) is 0 Å². The van der Waals surface area contributed by atoms with Crippen LogP contribution >= 0.6 is 0 Å². The van der Waals surface area contributed by atoms with Crippen LogP contribution in [0, 0.1) is 0 Å². The van der Waals surface area contributed by atoms with E-state index in [1.165, 1.54) is 238 Å². The summed E-state index contributed by atoms with van der Waals surface area (Å²) in [5.41, 5.74) is 0. The Hall–Kier alpha value is -1.40. The molecule has 0 radical (unpaired) electrons. The Kier molecular flexibility index (Phi) is 52.0. The predicted molar refractivity (Wildman–Crippen MR) is 273 cm³/mol. The van der Waals surface area contributed by atoms with Gasteiger partial charge in [-0.05, 0) is 51.4 Å². The molecule has 0 aliphatic rings. The van der Waals surface area contributed by atoms with Crippen LogP contribution in [0.5, 0.6) is 0 Å². The van der Waals surface area contributed by atoms with Crippen LogP contribution in [0.1, 0.15) is 316 Å². The second-order valence-electron chi connectivity index (χ2n) is 19.6. The standard InChI is InChI=1S/C57H111NO5/c1-3-5-7-9-11-13-15-17-19-23-27-31-35-39-43-47-51-57(62)63-52-48-44-40-36-32-28-24-21-20-22-26-30-34-38-42-46-50-56(61)58-54(53-59)55(60)49-45-41-37-33-29-25-18-16-14-12-10-8-6-4-2/h19,23,54-55,59-60H,3-18,20-22,24-53H2,1-2H3,(H,58,61)/b23-19-. The molecule has 63 heavy (non-hydrogen) atoms. The number of aliphatic hydroxyl groups is 2. The molecule has 3 N–H and O–H groups in total. The smallest absolute Gasteiger partial charge is 0.305 e. The summed E-state index contributed by atoms with van der Waals surface area (Å²) in [4.78, 5) is 24.5. The van der Waals surface area contributed by atoms with Crippen molar-refractivity contribution >= 4 is 11.9 Å². The molecule has 374 valence electrons. The Morgan fingerprint density at radius 2 is 0.746 bits per heavy atom. The monoisotopic (exact) mass is 890 g/mol. The number of unbranched alkanes of at least 4 members (excludes halogenated alkanes) is 40. The summed E-state index contributed by atoms with van der Waals surface area (Å²) >= 11 is 0. The summed E-state index contributed by atoms with van der Waals surface area (Å²) in [6, 6.07) is -0.545. The first kappa shape index (κ1) is 61.6. The van der Waals surface area contributed by atoms with Crippen LogP contribution in [-0.4, -0.2) is 47.4 Å². The Labute approximate surface area is 393 Å². The van der Waals surface area contributed by atoms with Crippen molar-refractivity contribution in [2.45, 2.75) is 328 Å². The average Bonchev–Trinajstić information content (AvgIpc) is 3.28. The average molecular weight is 891 g/mol. The summed E-state index contributed by atoms with van der Waals surface area (Å²) in [5.74, 6) is -0.0441. The third-order valence-electron chi connectivity index (χ3n) is 13.3.